The topological polar surface area (TPSA) is 64.0 Å². The van der Waals surface area contributed by atoms with Gasteiger partial charge in [0.1, 0.15) is 5.82 Å². The third kappa shape index (κ3) is 3.65. The van der Waals surface area contributed by atoms with Crippen molar-refractivity contribution in [3.05, 3.63) is 36.7 Å². The van der Waals surface area contributed by atoms with Crippen LogP contribution in [0.1, 0.15) is 18.5 Å². The highest BCUT2D eigenvalue weighted by atomic mass is 16.5. The van der Waals surface area contributed by atoms with Gasteiger partial charge in [0.2, 0.25) is 5.88 Å². The summed E-state index contributed by atoms with van der Waals surface area (Å²) in [5.41, 5.74) is 0.959. The highest BCUT2D eigenvalue weighted by molar-refractivity contribution is 5.36. The summed E-state index contributed by atoms with van der Waals surface area (Å²) >= 11 is 0. The smallest absolute Gasteiger partial charge is 0.232 e. The van der Waals surface area contributed by atoms with Crippen LogP contribution in [0.2, 0.25) is 0 Å². The Morgan fingerprint density at radius 2 is 2.00 bits per heavy atom. The Morgan fingerprint density at radius 1 is 1.14 bits per heavy atom. The summed E-state index contributed by atoms with van der Waals surface area (Å²) in [5, 5.41) is 0. The van der Waals surface area contributed by atoms with Gasteiger partial charge in [-0.1, -0.05) is 0 Å². The van der Waals surface area contributed by atoms with E-state index in [1.165, 1.54) is 0 Å². The molecular weight excluding hydrogens is 266 g/mol. The van der Waals surface area contributed by atoms with Crippen LogP contribution in [0.4, 0.5) is 5.82 Å². The third-order valence-corrected chi connectivity index (χ3v) is 3.69. The summed E-state index contributed by atoms with van der Waals surface area (Å²) in [4.78, 5) is 19.1. The molecule has 2 aromatic rings. The van der Waals surface area contributed by atoms with Crippen LogP contribution in [-0.4, -0.2) is 39.6 Å². The van der Waals surface area contributed by atoms with Crippen molar-refractivity contribution >= 4 is 5.82 Å². The monoisotopic (exact) mass is 285 g/mol. The van der Waals surface area contributed by atoms with Gasteiger partial charge in [0.15, 0.2) is 0 Å². The van der Waals surface area contributed by atoms with Crippen molar-refractivity contribution in [2.75, 3.05) is 24.6 Å². The minimum Gasteiger partial charge on any atom is -0.476 e. The van der Waals surface area contributed by atoms with E-state index in [-0.39, 0.29) is 0 Å². The van der Waals surface area contributed by atoms with Gasteiger partial charge < -0.3 is 9.64 Å². The highest BCUT2D eigenvalue weighted by Crippen LogP contribution is 2.22. The van der Waals surface area contributed by atoms with Crippen molar-refractivity contribution in [1.29, 1.82) is 0 Å². The Bertz CT molecular complexity index is 569. The van der Waals surface area contributed by atoms with Crippen LogP contribution in [0.3, 0.4) is 0 Å². The quantitative estimate of drug-likeness (QED) is 0.854. The van der Waals surface area contributed by atoms with Gasteiger partial charge in [-0.05, 0) is 25.7 Å². The zero-order valence-corrected chi connectivity index (χ0v) is 12.1. The predicted octanol–water partition coefficient (Wildman–Crippen LogP) is 1.87. The van der Waals surface area contributed by atoms with Crippen LogP contribution in [-0.2, 0) is 0 Å². The standard InChI is InChI=1S/C15H19N5O/c1-12-8-17-9-14(19-12)20-6-2-13(3-7-20)11-21-15-10-16-4-5-18-15/h4-5,8-10,13H,2-3,6-7,11H2,1H3. The van der Waals surface area contributed by atoms with Crippen molar-refractivity contribution in [3.8, 4) is 5.88 Å². The Labute approximate surface area is 124 Å². The van der Waals surface area contributed by atoms with E-state index in [0.29, 0.717) is 18.4 Å². The molecule has 110 valence electrons. The molecule has 1 fully saturated rings. The Balaban J connectivity index is 1.49. The molecule has 6 heteroatoms. The van der Waals surface area contributed by atoms with E-state index < -0.39 is 0 Å². The average molecular weight is 285 g/mol. The van der Waals surface area contributed by atoms with E-state index in [2.05, 4.69) is 24.8 Å². The maximum absolute atomic E-state index is 5.69. The summed E-state index contributed by atoms with van der Waals surface area (Å²) in [5.74, 6) is 2.13. The molecule has 21 heavy (non-hydrogen) atoms. The number of anilines is 1. The fourth-order valence-electron chi connectivity index (χ4n) is 2.49. The fraction of sp³-hybridized carbons (Fsp3) is 0.467. The number of ether oxygens (including phenoxy) is 1. The summed E-state index contributed by atoms with van der Waals surface area (Å²) in [7, 11) is 0. The average Bonchev–Trinajstić information content (AvgIpc) is 2.54. The normalized spacial score (nSPS) is 16.0. The zero-order chi connectivity index (χ0) is 14.5. The molecule has 0 aromatic carbocycles. The first-order chi connectivity index (χ1) is 10.3. The Kier molecular flexibility index (Phi) is 4.23. The van der Waals surface area contributed by atoms with E-state index in [0.717, 1.165) is 37.4 Å². The first-order valence-electron chi connectivity index (χ1n) is 7.23. The molecule has 0 N–H and O–H groups in total. The lowest BCUT2D eigenvalue weighted by Crippen LogP contribution is -2.36. The molecule has 0 unspecified atom stereocenters. The first kappa shape index (κ1) is 13.7. The molecule has 3 heterocycles. The summed E-state index contributed by atoms with van der Waals surface area (Å²) < 4.78 is 5.69. The largest absolute Gasteiger partial charge is 0.476 e. The number of aromatic nitrogens is 4. The summed E-state index contributed by atoms with van der Waals surface area (Å²) in [6.45, 7) is 4.66. The van der Waals surface area contributed by atoms with E-state index >= 15 is 0 Å². The van der Waals surface area contributed by atoms with Gasteiger partial charge in [-0.25, -0.2) is 9.97 Å². The van der Waals surface area contributed by atoms with E-state index in [1.54, 1.807) is 24.8 Å². The number of nitrogens with zero attached hydrogens (tertiary/aromatic N) is 5. The lowest BCUT2D eigenvalue weighted by Gasteiger charge is -2.32. The van der Waals surface area contributed by atoms with Crippen LogP contribution >= 0.6 is 0 Å². The van der Waals surface area contributed by atoms with Crippen LogP contribution < -0.4 is 9.64 Å². The van der Waals surface area contributed by atoms with Gasteiger partial charge in [0.05, 0.1) is 24.7 Å². The van der Waals surface area contributed by atoms with Gasteiger partial charge >= 0.3 is 0 Å². The summed E-state index contributed by atoms with van der Waals surface area (Å²) in [6, 6.07) is 0. The molecule has 2 aromatic heterocycles. The second-order valence-electron chi connectivity index (χ2n) is 5.30. The Morgan fingerprint density at radius 3 is 2.71 bits per heavy atom. The lowest BCUT2D eigenvalue weighted by molar-refractivity contribution is 0.215. The molecule has 3 rings (SSSR count). The van der Waals surface area contributed by atoms with Gasteiger partial charge in [0.25, 0.3) is 0 Å². The number of rotatable bonds is 4. The molecule has 0 amide bonds. The predicted molar refractivity (Wildman–Crippen MR) is 79.2 cm³/mol. The van der Waals surface area contributed by atoms with Gasteiger partial charge in [0, 0.05) is 31.7 Å². The molecule has 0 bridgehead atoms. The molecule has 0 aliphatic carbocycles. The first-order valence-corrected chi connectivity index (χ1v) is 7.23. The van der Waals surface area contributed by atoms with Crippen LogP contribution in [0.15, 0.2) is 31.0 Å². The van der Waals surface area contributed by atoms with Crippen LogP contribution in [0.25, 0.3) is 0 Å². The molecule has 1 saturated heterocycles. The molecule has 0 radical (unpaired) electrons. The van der Waals surface area contributed by atoms with Crippen LogP contribution in [0, 0.1) is 12.8 Å². The minimum atomic E-state index is 0.557. The van der Waals surface area contributed by atoms with Crippen molar-refractivity contribution < 1.29 is 4.74 Å². The van der Waals surface area contributed by atoms with Crippen molar-refractivity contribution in [3.63, 3.8) is 0 Å². The molecule has 0 atom stereocenters. The van der Waals surface area contributed by atoms with E-state index in [4.69, 9.17) is 4.74 Å². The molecular formula is C15H19N5O. The molecule has 1 aliphatic heterocycles. The van der Waals surface area contributed by atoms with E-state index in [9.17, 15) is 0 Å². The number of hydrogen-bond donors (Lipinski definition) is 0. The lowest BCUT2D eigenvalue weighted by atomic mass is 9.98. The highest BCUT2D eigenvalue weighted by Gasteiger charge is 2.21. The second kappa shape index (κ2) is 6.47. The Hall–Kier alpha value is -2.24. The number of hydrogen-bond acceptors (Lipinski definition) is 6. The fourth-order valence-corrected chi connectivity index (χ4v) is 2.49. The third-order valence-electron chi connectivity index (χ3n) is 3.69. The molecule has 1 aliphatic rings. The molecule has 6 nitrogen and oxygen atoms in total. The van der Waals surface area contributed by atoms with Gasteiger partial charge in [-0.15, -0.1) is 0 Å². The summed E-state index contributed by atoms with van der Waals surface area (Å²) in [6.07, 6.45) is 10.8. The number of piperidine rings is 1. The van der Waals surface area contributed by atoms with Crippen molar-refractivity contribution in [2.24, 2.45) is 5.92 Å². The van der Waals surface area contributed by atoms with Crippen molar-refractivity contribution in [2.45, 2.75) is 19.8 Å². The number of aryl methyl sites for hydroxylation is 1. The van der Waals surface area contributed by atoms with Crippen LogP contribution in [0.5, 0.6) is 5.88 Å². The maximum Gasteiger partial charge on any atom is 0.232 e. The van der Waals surface area contributed by atoms with Crippen molar-refractivity contribution in [1.82, 2.24) is 19.9 Å². The maximum atomic E-state index is 5.69. The van der Waals surface area contributed by atoms with Gasteiger partial charge in [-0.3, -0.25) is 9.97 Å². The second-order valence-corrected chi connectivity index (χ2v) is 5.30. The SMILES string of the molecule is Cc1cncc(N2CCC(COc3cnccn3)CC2)n1. The molecule has 0 spiro atoms. The molecule has 0 saturated carbocycles. The minimum absolute atomic E-state index is 0.557. The zero-order valence-electron chi connectivity index (χ0n) is 12.1. The van der Waals surface area contributed by atoms with E-state index in [1.807, 2.05) is 13.1 Å². The van der Waals surface area contributed by atoms with Gasteiger partial charge in [-0.2, -0.15) is 0 Å².